The van der Waals surface area contributed by atoms with E-state index < -0.39 is 12.3 Å². The zero-order chi connectivity index (χ0) is 9.68. The van der Waals surface area contributed by atoms with Gasteiger partial charge < -0.3 is 14.9 Å². The molecule has 1 fully saturated rings. The van der Waals surface area contributed by atoms with E-state index in [-0.39, 0.29) is 0 Å². The zero-order valence-electron chi connectivity index (χ0n) is 8.15. The zero-order valence-corrected chi connectivity index (χ0v) is 8.15. The van der Waals surface area contributed by atoms with Gasteiger partial charge in [-0.05, 0) is 6.42 Å². The number of nitrogens with zero attached hydrogens (tertiary/aromatic N) is 1. The van der Waals surface area contributed by atoms with E-state index in [0.29, 0.717) is 32.7 Å². The predicted molar refractivity (Wildman–Crippen MR) is 49.3 cm³/mol. The topological polar surface area (TPSA) is 52.9 Å². The van der Waals surface area contributed by atoms with Crippen LogP contribution < -0.4 is 0 Å². The molecule has 13 heavy (non-hydrogen) atoms. The van der Waals surface area contributed by atoms with Crippen LogP contribution in [-0.2, 0) is 4.74 Å². The summed E-state index contributed by atoms with van der Waals surface area (Å²) >= 11 is 0. The van der Waals surface area contributed by atoms with Crippen LogP contribution >= 0.6 is 0 Å². The third-order valence-corrected chi connectivity index (χ3v) is 2.35. The van der Waals surface area contributed by atoms with Crippen molar-refractivity contribution in [1.29, 1.82) is 0 Å². The summed E-state index contributed by atoms with van der Waals surface area (Å²) in [5, 5.41) is 19.2. The molecule has 0 aromatic carbocycles. The number of aliphatic hydroxyl groups excluding tert-OH is 2. The van der Waals surface area contributed by atoms with Crippen LogP contribution in [0.25, 0.3) is 0 Å². The van der Waals surface area contributed by atoms with E-state index in [1.54, 1.807) is 0 Å². The molecule has 1 heterocycles. The van der Waals surface area contributed by atoms with E-state index in [4.69, 9.17) is 4.74 Å². The number of aliphatic hydroxyl groups is 2. The van der Waals surface area contributed by atoms with Crippen molar-refractivity contribution in [3.05, 3.63) is 0 Å². The van der Waals surface area contributed by atoms with Crippen molar-refractivity contribution in [1.82, 2.24) is 4.90 Å². The van der Waals surface area contributed by atoms with E-state index in [1.165, 1.54) is 0 Å². The SMILES string of the molecule is CCC[C@@H](O)[C@@H](O)N1CCOCC1. The molecular weight excluding hydrogens is 170 g/mol. The highest BCUT2D eigenvalue weighted by Gasteiger charge is 2.24. The lowest BCUT2D eigenvalue weighted by atomic mass is 10.1. The minimum atomic E-state index is -0.719. The summed E-state index contributed by atoms with van der Waals surface area (Å²) in [4.78, 5) is 1.86. The van der Waals surface area contributed by atoms with E-state index >= 15 is 0 Å². The monoisotopic (exact) mass is 189 g/mol. The highest BCUT2D eigenvalue weighted by atomic mass is 16.5. The molecule has 0 radical (unpaired) electrons. The van der Waals surface area contributed by atoms with Crippen LogP contribution in [0.15, 0.2) is 0 Å². The molecule has 2 N–H and O–H groups in total. The van der Waals surface area contributed by atoms with Gasteiger partial charge in [-0.15, -0.1) is 0 Å². The molecule has 1 aliphatic heterocycles. The van der Waals surface area contributed by atoms with Crippen LogP contribution in [0.4, 0.5) is 0 Å². The Kier molecular flexibility index (Phi) is 4.66. The van der Waals surface area contributed by atoms with Gasteiger partial charge in [0.05, 0.1) is 19.3 Å². The fourth-order valence-corrected chi connectivity index (χ4v) is 1.53. The molecule has 0 amide bonds. The molecule has 0 saturated carbocycles. The van der Waals surface area contributed by atoms with E-state index in [0.717, 1.165) is 6.42 Å². The Hall–Kier alpha value is -0.160. The molecule has 0 bridgehead atoms. The number of rotatable bonds is 4. The molecule has 0 aromatic rings. The fourth-order valence-electron chi connectivity index (χ4n) is 1.53. The maximum atomic E-state index is 9.69. The third-order valence-electron chi connectivity index (χ3n) is 2.35. The van der Waals surface area contributed by atoms with Gasteiger partial charge in [0.15, 0.2) is 0 Å². The predicted octanol–water partition coefficient (Wildman–Crippen LogP) is -0.202. The summed E-state index contributed by atoms with van der Waals surface area (Å²) in [6, 6.07) is 0. The molecule has 0 aliphatic carbocycles. The smallest absolute Gasteiger partial charge is 0.133 e. The van der Waals surface area contributed by atoms with Crippen LogP contribution in [0.5, 0.6) is 0 Å². The molecule has 78 valence electrons. The lowest BCUT2D eigenvalue weighted by molar-refractivity contribution is -0.115. The normalized spacial score (nSPS) is 24.2. The molecule has 0 aromatic heterocycles. The summed E-state index contributed by atoms with van der Waals surface area (Å²) < 4.78 is 5.16. The van der Waals surface area contributed by atoms with Crippen molar-refractivity contribution in [2.75, 3.05) is 26.3 Å². The number of hydrogen-bond donors (Lipinski definition) is 2. The largest absolute Gasteiger partial charge is 0.389 e. The van der Waals surface area contributed by atoms with Crippen molar-refractivity contribution in [3.8, 4) is 0 Å². The van der Waals surface area contributed by atoms with Crippen LogP contribution in [0.1, 0.15) is 19.8 Å². The van der Waals surface area contributed by atoms with Crippen LogP contribution in [0.3, 0.4) is 0 Å². The van der Waals surface area contributed by atoms with Crippen LogP contribution in [0, 0.1) is 0 Å². The quantitative estimate of drug-likeness (QED) is 0.643. The molecule has 4 heteroatoms. The van der Waals surface area contributed by atoms with Gasteiger partial charge in [0, 0.05) is 13.1 Å². The minimum Gasteiger partial charge on any atom is -0.389 e. The molecule has 0 spiro atoms. The van der Waals surface area contributed by atoms with Gasteiger partial charge in [0.2, 0.25) is 0 Å². The molecule has 2 atom stereocenters. The Labute approximate surface area is 79.1 Å². The molecule has 1 rings (SSSR count). The average Bonchev–Trinajstić information content (AvgIpc) is 2.18. The van der Waals surface area contributed by atoms with Gasteiger partial charge in [0.1, 0.15) is 6.23 Å². The Morgan fingerprint density at radius 2 is 1.92 bits per heavy atom. The third kappa shape index (κ3) is 3.23. The van der Waals surface area contributed by atoms with Crippen molar-refractivity contribution >= 4 is 0 Å². The van der Waals surface area contributed by atoms with Gasteiger partial charge in [-0.3, -0.25) is 4.90 Å². The molecule has 4 nitrogen and oxygen atoms in total. The molecular formula is C9H19NO3. The molecule has 1 saturated heterocycles. The highest BCUT2D eigenvalue weighted by Crippen LogP contribution is 2.09. The number of ether oxygens (including phenoxy) is 1. The first kappa shape index (κ1) is 10.9. The Bertz CT molecular complexity index is 137. The lowest BCUT2D eigenvalue weighted by Crippen LogP contribution is -2.48. The van der Waals surface area contributed by atoms with Gasteiger partial charge >= 0.3 is 0 Å². The highest BCUT2D eigenvalue weighted by molar-refractivity contribution is 4.71. The molecule has 1 aliphatic rings. The van der Waals surface area contributed by atoms with E-state index in [1.807, 2.05) is 11.8 Å². The van der Waals surface area contributed by atoms with Crippen molar-refractivity contribution in [2.45, 2.75) is 32.1 Å². The summed E-state index contributed by atoms with van der Waals surface area (Å²) in [7, 11) is 0. The second-order valence-corrected chi connectivity index (χ2v) is 3.42. The van der Waals surface area contributed by atoms with Crippen molar-refractivity contribution < 1.29 is 14.9 Å². The maximum Gasteiger partial charge on any atom is 0.133 e. The Balaban J connectivity index is 2.31. The maximum absolute atomic E-state index is 9.69. The molecule has 0 unspecified atom stereocenters. The van der Waals surface area contributed by atoms with E-state index in [9.17, 15) is 10.2 Å². The standard InChI is InChI=1S/C9H19NO3/c1-2-3-8(11)9(12)10-4-6-13-7-5-10/h8-9,11-12H,2-7H2,1H3/t8-,9-/m1/s1. The summed E-state index contributed by atoms with van der Waals surface area (Å²) in [6.07, 6.45) is 0.202. The number of hydrogen-bond acceptors (Lipinski definition) is 4. The second kappa shape index (κ2) is 5.54. The summed E-state index contributed by atoms with van der Waals surface area (Å²) in [6.45, 7) is 4.71. The lowest BCUT2D eigenvalue weighted by Gasteiger charge is -2.33. The van der Waals surface area contributed by atoms with Gasteiger partial charge in [-0.1, -0.05) is 13.3 Å². The first-order valence-electron chi connectivity index (χ1n) is 4.93. The van der Waals surface area contributed by atoms with E-state index in [2.05, 4.69) is 0 Å². The first-order chi connectivity index (χ1) is 6.25. The first-order valence-corrected chi connectivity index (χ1v) is 4.93. The van der Waals surface area contributed by atoms with Gasteiger partial charge in [-0.25, -0.2) is 0 Å². The van der Waals surface area contributed by atoms with Gasteiger partial charge in [0.25, 0.3) is 0 Å². The summed E-state index contributed by atoms with van der Waals surface area (Å²) in [5.41, 5.74) is 0. The summed E-state index contributed by atoms with van der Waals surface area (Å²) in [5.74, 6) is 0. The average molecular weight is 189 g/mol. The van der Waals surface area contributed by atoms with Crippen LogP contribution in [-0.4, -0.2) is 53.7 Å². The van der Waals surface area contributed by atoms with Gasteiger partial charge in [-0.2, -0.15) is 0 Å². The second-order valence-electron chi connectivity index (χ2n) is 3.42. The van der Waals surface area contributed by atoms with Crippen molar-refractivity contribution in [3.63, 3.8) is 0 Å². The van der Waals surface area contributed by atoms with Crippen molar-refractivity contribution in [2.24, 2.45) is 0 Å². The van der Waals surface area contributed by atoms with Crippen LogP contribution in [0.2, 0.25) is 0 Å². The number of morpholine rings is 1. The Morgan fingerprint density at radius 3 is 2.46 bits per heavy atom. The Morgan fingerprint density at radius 1 is 1.31 bits per heavy atom. The minimum absolute atomic E-state index is 0.622. The fraction of sp³-hybridized carbons (Fsp3) is 1.00.